The predicted molar refractivity (Wildman–Crippen MR) is 75.8 cm³/mol. The third-order valence-electron chi connectivity index (χ3n) is 3.70. The second-order valence-corrected chi connectivity index (χ2v) is 5.82. The van der Waals surface area contributed by atoms with Crippen LogP contribution >= 0.6 is 11.3 Å². The minimum atomic E-state index is 0.629. The molecular weight excluding hydrogens is 228 g/mol. The lowest BCUT2D eigenvalue weighted by Gasteiger charge is -2.33. The third-order valence-corrected chi connectivity index (χ3v) is 4.70. The molecule has 1 aliphatic rings. The standard InChI is InChI=1S/C14H24N2S/c1-3-15-8-4-5-9-16-10-6-14-13(12(16)2)7-11-17-14/h7,11-12,15H,3-6,8-10H2,1-2H3. The second-order valence-electron chi connectivity index (χ2n) is 4.82. The minimum Gasteiger partial charge on any atom is -0.317 e. The van der Waals surface area contributed by atoms with Gasteiger partial charge in [0.1, 0.15) is 0 Å². The van der Waals surface area contributed by atoms with Crippen LogP contribution in [0.1, 0.15) is 43.2 Å². The molecule has 1 N–H and O–H groups in total. The van der Waals surface area contributed by atoms with E-state index >= 15 is 0 Å². The molecule has 0 saturated heterocycles. The number of nitrogens with zero attached hydrogens (tertiary/aromatic N) is 1. The minimum absolute atomic E-state index is 0.629. The van der Waals surface area contributed by atoms with Crippen LogP contribution in [0.3, 0.4) is 0 Å². The Bertz CT molecular complexity index is 335. The topological polar surface area (TPSA) is 15.3 Å². The fraction of sp³-hybridized carbons (Fsp3) is 0.714. The van der Waals surface area contributed by atoms with E-state index in [1.165, 1.54) is 38.9 Å². The molecule has 0 bridgehead atoms. The van der Waals surface area contributed by atoms with Gasteiger partial charge in [0.2, 0.25) is 0 Å². The van der Waals surface area contributed by atoms with Gasteiger partial charge in [-0.25, -0.2) is 0 Å². The first kappa shape index (κ1) is 13.1. The summed E-state index contributed by atoms with van der Waals surface area (Å²) in [5.74, 6) is 0. The molecule has 0 spiro atoms. The molecule has 2 rings (SSSR count). The number of rotatable bonds is 6. The second kappa shape index (κ2) is 6.53. The van der Waals surface area contributed by atoms with Crippen molar-refractivity contribution in [2.75, 3.05) is 26.2 Å². The van der Waals surface area contributed by atoms with Gasteiger partial charge in [0.25, 0.3) is 0 Å². The van der Waals surface area contributed by atoms with Crippen molar-refractivity contribution in [1.29, 1.82) is 0 Å². The molecule has 17 heavy (non-hydrogen) atoms. The number of thiophene rings is 1. The molecule has 1 aliphatic heterocycles. The summed E-state index contributed by atoms with van der Waals surface area (Å²) in [5.41, 5.74) is 1.58. The van der Waals surface area contributed by atoms with E-state index < -0.39 is 0 Å². The number of hydrogen-bond donors (Lipinski definition) is 1. The summed E-state index contributed by atoms with van der Waals surface area (Å²) >= 11 is 1.93. The molecule has 0 aromatic carbocycles. The highest BCUT2D eigenvalue weighted by Crippen LogP contribution is 2.32. The van der Waals surface area contributed by atoms with Gasteiger partial charge in [-0.2, -0.15) is 0 Å². The number of hydrogen-bond acceptors (Lipinski definition) is 3. The molecule has 2 heterocycles. The van der Waals surface area contributed by atoms with Crippen molar-refractivity contribution in [2.45, 2.75) is 39.2 Å². The average molecular weight is 252 g/mol. The third kappa shape index (κ3) is 3.30. The summed E-state index contributed by atoms with van der Waals surface area (Å²) < 4.78 is 0. The number of nitrogens with one attached hydrogen (secondary N) is 1. The van der Waals surface area contributed by atoms with Crippen molar-refractivity contribution in [2.24, 2.45) is 0 Å². The molecule has 2 nitrogen and oxygen atoms in total. The van der Waals surface area contributed by atoms with Gasteiger partial charge in [-0.15, -0.1) is 11.3 Å². The van der Waals surface area contributed by atoms with Crippen molar-refractivity contribution in [1.82, 2.24) is 10.2 Å². The van der Waals surface area contributed by atoms with Crippen LogP contribution in [-0.2, 0) is 6.42 Å². The molecular formula is C14H24N2S. The van der Waals surface area contributed by atoms with Crippen molar-refractivity contribution in [3.63, 3.8) is 0 Å². The monoisotopic (exact) mass is 252 g/mol. The Labute approximate surface area is 109 Å². The van der Waals surface area contributed by atoms with Gasteiger partial charge in [-0.1, -0.05) is 6.92 Å². The van der Waals surface area contributed by atoms with Gasteiger partial charge in [0, 0.05) is 17.5 Å². The van der Waals surface area contributed by atoms with E-state index in [0.29, 0.717) is 6.04 Å². The van der Waals surface area contributed by atoms with Crippen molar-refractivity contribution in [3.05, 3.63) is 21.9 Å². The molecule has 3 heteroatoms. The highest BCUT2D eigenvalue weighted by atomic mass is 32.1. The first-order valence-electron chi connectivity index (χ1n) is 6.84. The maximum absolute atomic E-state index is 3.39. The van der Waals surface area contributed by atoms with Crippen LogP contribution in [0.15, 0.2) is 11.4 Å². The number of fused-ring (bicyclic) bond motifs is 1. The first-order chi connectivity index (χ1) is 8.33. The van der Waals surface area contributed by atoms with E-state index in [0.717, 1.165) is 6.54 Å². The van der Waals surface area contributed by atoms with Gasteiger partial charge >= 0.3 is 0 Å². The molecule has 96 valence electrons. The summed E-state index contributed by atoms with van der Waals surface area (Å²) in [6, 6.07) is 2.94. The average Bonchev–Trinajstić information content (AvgIpc) is 2.80. The normalized spacial score (nSPS) is 20.5. The van der Waals surface area contributed by atoms with Crippen LogP contribution in [0.4, 0.5) is 0 Å². The van der Waals surface area contributed by atoms with Crippen LogP contribution in [-0.4, -0.2) is 31.1 Å². The first-order valence-corrected chi connectivity index (χ1v) is 7.72. The fourth-order valence-corrected chi connectivity index (χ4v) is 3.57. The molecule has 1 aromatic heterocycles. The molecule has 1 aromatic rings. The van der Waals surface area contributed by atoms with Crippen molar-refractivity contribution >= 4 is 11.3 Å². The summed E-state index contributed by atoms with van der Waals surface area (Å²) in [6.45, 7) is 9.29. The maximum Gasteiger partial charge on any atom is 0.0331 e. The zero-order chi connectivity index (χ0) is 12.1. The Morgan fingerprint density at radius 2 is 2.35 bits per heavy atom. The molecule has 0 amide bonds. The van der Waals surface area contributed by atoms with Gasteiger partial charge < -0.3 is 5.32 Å². The molecule has 1 unspecified atom stereocenters. The van der Waals surface area contributed by atoms with E-state index in [9.17, 15) is 0 Å². The Morgan fingerprint density at radius 1 is 1.47 bits per heavy atom. The van der Waals surface area contributed by atoms with Crippen LogP contribution in [0.5, 0.6) is 0 Å². The van der Waals surface area contributed by atoms with Crippen LogP contribution in [0.25, 0.3) is 0 Å². The van der Waals surface area contributed by atoms with E-state index in [-0.39, 0.29) is 0 Å². The Morgan fingerprint density at radius 3 is 3.18 bits per heavy atom. The van der Waals surface area contributed by atoms with Crippen molar-refractivity contribution in [3.8, 4) is 0 Å². The van der Waals surface area contributed by atoms with Gasteiger partial charge in [0.15, 0.2) is 0 Å². The molecule has 1 atom stereocenters. The van der Waals surface area contributed by atoms with E-state index in [1.807, 2.05) is 11.3 Å². The largest absolute Gasteiger partial charge is 0.317 e. The van der Waals surface area contributed by atoms with Crippen LogP contribution < -0.4 is 5.32 Å². The highest BCUT2D eigenvalue weighted by Gasteiger charge is 2.23. The molecule has 0 saturated carbocycles. The van der Waals surface area contributed by atoms with E-state index in [1.54, 1.807) is 10.4 Å². The SMILES string of the molecule is CCNCCCCN1CCc2sccc2C1C. The van der Waals surface area contributed by atoms with Gasteiger partial charge in [-0.05, 0) is 62.8 Å². The number of unbranched alkanes of at least 4 members (excludes halogenated alkanes) is 1. The van der Waals surface area contributed by atoms with E-state index in [4.69, 9.17) is 0 Å². The fourth-order valence-electron chi connectivity index (χ4n) is 2.61. The van der Waals surface area contributed by atoms with Gasteiger partial charge in [0.05, 0.1) is 0 Å². The quantitative estimate of drug-likeness (QED) is 0.783. The van der Waals surface area contributed by atoms with E-state index in [2.05, 4.69) is 35.5 Å². The summed E-state index contributed by atoms with van der Waals surface area (Å²) in [6.07, 6.45) is 3.87. The summed E-state index contributed by atoms with van der Waals surface area (Å²) in [5, 5.41) is 5.64. The summed E-state index contributed by atoms with van der Waals surface area (Å²) in [7, 11) is 0. The zero-order valence-electron chi connectivity index (χ0n) is 11.0. The molecule has 0 fully saturated rings. The predicted octanol–water partition coefficient (Wildman–Crippen LogP) is 3.06. The Hall–Kier alpha value is -0.380. The van der Waals surface area contributed by atoms with Crippen LogP contribution in [0.2, 0.25) is 0 Å². The lowest BCUT2D eigenvalue weighted by atomic mass is 10.0. The van der Waals surface area contributed by atoms with Crippen LogP contribution in [0, 0.1) is 0 Å². The molecule has 0 aliphatic carbocycles. The molecule has 0 radical (unpaired) electrons. The lowest BCUT2D eigenvalue weighted by Crippen LogP contribution is -2.34. The smallest absolute Gasteiger partial charge is 0.0331 e. The lowest BCUT2D eigenvalue weighted by molar-refractivity contribution is 0.196. The summed E-state index contributed by atoms with van der Waals surface area (Å²) in [4.78, 5) is 4.25. The van der Waals surface area contributed by atoms with Crippen molar-refractivity contribution < 1.29 is 0 Å². The highest BCUT2D eigenvalue weighted by molar-refractivity contribution is 7.10. The maximum atomic E-state index is 3.39. The Kier molecular flexibility index (Phi) is 5.01. The zero-order valence-corrected chi connectivity index (χ0v) is 11.9. The van der Waals surface area contributed by atoms with Gasteiger partial charge in [-0.3, -0.25) is 4.90 Å². The Balaban J connectivity index is 1.76.